The van der Waals surface area contributed by atoms with Crippen molar-refractivity contribution < 1.29 is 13.9 Å². The summed E-state index contributed by atoms with van der Waals surface area (Å²) >= 11 is 0. The van der Waals surface area contributed by atoms with Crippen LogP contribution in [0.4, 0.5) is 0 Å². The molecule has 21 heavy (non-hydrogen) atoms. The van der Waals surface area contributed by atoms with Gasteiger partial charge in [0.2, 0.25) is 0 Å². The highest BCUT2D eigenvalue weighted by molar-refractivity contribution is 5.91. The van der Waals surface area contributed by atoms with Crippen LogP contribution in [0.25, 0.3) is 0 Å². The molecule has 0 aromatic carbocycles. The van der Waals surface area contributed by atoms with Crippen LogP contribution in [0.5, 0.6) is 0 Å². The molecule has 5 heteroatoms. The molecule has 0 bridgehead atoms. The fourth-order valence-corrected chi connectivity index (χ4v) is 2.43. The van der Waals surface area contributed by atoms with Gasteiger partial charge in [0.15, 0.2) is 5.76 Å². The van der Waals surface area contributed by atoms with Gasteiger partial charge in [0.1, 0.15) is 5.76 Å². The molecule has 2 heterocycles. The van der Waals surface area contributed by atoms with Gasteiger partial charge in [-0.1, -0.05) is 0 Å². The van der Waals surface area contributed by atoms with Gasteiger partial charge in [-0.05, 0) is 58.3 Å². The minimum absolute atomic E-state index is 0.146. The van der Waals surface area contributed by atoms with Crippen LogP contribution in [-0.4, -0.2) is 43.2 Å². The Morgan fingerprint density at radius 2 is 2.14 bits per heavy atom. The first kappa shape index (κ1) is 16.0. The number of hydrogen-bond acceptors (Lipinski definition) is 4. The molecule has 118 valence electrons. The van der Waals surface area contributed by atoms with Crippen LogP contribution in [0.15, 0.2) is 16.5 Å². The van der Waals surface area contributed by atoms with Crippen molar-refractivity contribution in [3.63, 3.8) is 0 Å². The molecule has 1 saturated heterocycles. The Bertz CT molecular complexity index is 436. The molecule has 1 aromatic heterocycles. The Kier molecular flexibility index (Phi) is 6.26. The zero-order chi connectivity index (χ0) is 15.1. The van der Waals surface area contributed by atoms with Gasteiger partial charge >= 0.3 is 0 Å². The van der Waals surface area contributed by atoms with Crippen molar-refractivity contribution in [3.05, 3.63) is 23.7 Å². The van der Waals surface area contributed by atoms with Gasteiger partial charge in [0, 0.05) is 13.2 Å². The Morgan fingerprint density at radius 1 is 1.38 bits per heavy atom. The number of furan rings is 1. The fourth-order valence-electron chi connectivity index (χ4n) is 2.43. The third-order valence-electron chi connectivity index (χ3n) is 3.52. The third kappa shape index (κ3) is 5.52. The molecule has 1 fully saturated rings. The first-order chi connectivity index (χ1) is 10.1. The molecule has 2 rings (SSSR count). The van der Waals surface area contributed by atoms with Gasteiger partial charge in [0.25, 0.3) is 5.91 Å². The van der Waals surface area contributed by atoms with Crippen LogP contribution in [0.3, 0.4) is 0 Å². The molecule has 0 aliphatic carbocycles. The first-order valence-corrected chi connectivity index (χ1v) is 7.86. The summed E-state index contributed by atoms with van der Waals surface area (Å²) in [6.07, 6.45) is 3.56. The lowest BCUT2D eigenvalue weighted by Gasteiger charge is -2.11. The molecule has 1 amide bonds. The van der Waals surface area contributed by atoms with Gasteiger partial charge in [-0.25, -0.2) is 0 Å². The van der Waals surface area contributed by atoms with Gasteiger partial charge < -0.3 is 14.5 Å². The zero-order valence-electron chi connectivity index (χ0n) is 13.1. The Balaban J connectivity index is 1.68. The van der Waals surface area contributed by atoms with E-state index in [1.165, 1.54) is 12.8 Å². The van der Waals surface area contributed by atoms with E-state index in [2.05, 4.69) is 10.2 Å². The van der Waals surface area contributed by atoms with Crippen LogP contribution in [0.2, 0.25) is 0 Å². The number of rotatable bonds is 8. The number of carbonyl (C=O) groups excluding carboxylic acids is 1. The van der Waals surface area contributed by atoms with Crippen LogP contribution in [-0.2, 0) is 11.3 Å². The molecule has 5 nitrogen and oxygen atoms in total. The topological polar surface area (TPSA) is 54.7 Å². The molecular formula is C16H26N2O3. The lowest BCUT2D eigenvalue weighted by atomic mass is 10.3. The summed E-state index contributed by atoms with van der Waals surface area (Å²) in [6.45, 7) is 8.32. The summed E-state index contributed by atoms with van der Waals surface area (Å²) in [5, 5.41) is 2.85. The molecule has 1 aliphatic rings. The van der Waals surface area contributed by atoms with Crippen molar-refractivity contribution in [2.24, 2.45) is 0 Å². The molecule has 0 saturated carbocycles. The van der Waals surface area contributed by atoms with E-state index in [4.69, 9.17) is 9.15 Å². The van der Waals surface area contributed by atoms with Crippen molar-refractivity contribution in [2.45, 2.75) is 45.8 Å². The van der Waals surface area contributed by atoms with E-state index in [1.54, 1.807) is 6.07 Å². The maximum atomic E-state index is 11.9. The average Bonchev–Trinajstić information content (AvgIpc) is 3.10. The van der Waals surface area contributed by atoms with E-state index >= 15 is 0 Å². The van der Waals surface area contributed by atoms with E-state index in [0.717, 1.165) is 31.8 Å². The SMILES string of the molecule is CC(C)OCCCNC(=O)c1ccc(CN2CCCC2)o1. The molecule has 1 N–H and O–H groups in total. The lowest BCUT2D eigenvalue weighted by Crippen LogP contribution is -2.25. The van der Waals surface area contributed by atoms with Crippen molar-refractivity contribution in [3.8, 4) is 0 Å². The summed E-state index contributed by atoms with van der Waals surface area (Å²) in [5.41, 5.74) is 0. The van der Waals surface area contributed by atoms with E-state index in [9.17, 15) is 4.79 Å². The molecule has 1 aliphatic heterocycles. The number of ether oxygens (including phenoxy) is 1. The van der Waals surface area contributed by atoms with E-state index < -0.39 is 0 Å². The quantitative estimate of drug-likeness (QED) is 0.748. The minimum atomic E-state index is -0.146. The number of nitrogens with zero attached hydrogens (tertiary/aromatic N) is 1. The monoisotopic (exact) mass is 294 g/mol. The largest absolute Gasteiger partial charge is 0.455 e. The highest BCUT2D eigenvalue weighted by atomic mass is 16.5. The summed E-state index contributed by atoms with van der Waals surface area (Å²) in [6, 6.07) is 3.65. The van der Waals surface area contributed by atoms with Crippen molar-refractivity contribution in [1.29, 1.82) is 0 Å². The Morgan fingerprint density at radius 3 is 2.86 bits per heavy atom. The standard InChI is InChI=1S/C16H26N2O3/c1-13(2)20-11-5-8-17-16(19)15-7-6-14(21-15)12-18-9-3-4-10-18/h6-7,13H,3-5,8-12H2,1-2H3,(H,17,19). The van der Waals surface area contributed by atoms with Crippen LogP contribution in [0, 0.1) is 0 Å². The molecule has 0 unspecified atom stereocenters. The van der Waals surface area contributed by atoms with Crippen LogP contribution >= 0.6 is 0 Å². The molecular weight excluding hydrogens is 268 g/mol. The van der Waals surface area contributed by atoms with Crippen molar-refractivity contribution in [1.82, 2.24) is 10.2 Å². The number of hydrogen-bond donors (Lipinski definition) is 1. The maximum Gasteiger partial charge on any atom is 0.286 e. The predicted octanol–water partition coefficient (Wildman–Crippen LogP) is 2.42. The van der Waals surface area contributed by atoms with Crippen molar-refractivity contribution >= 4 is 5.91 Å². The summed E-state index contributed by atoms with van der Waals surface area (Å²) in [7, 11) is 0. The van der Waals surface area contributed by atoms with Gasteiger partial charge in [-0.15, -0.1) is 0 Å². The van der Waals surface area contributed by atoms with Crippen LogP contribution in [0.1, 0.15) is 49.4 Å². The number of carbonyl (C=O) groups is 1. The second-order valence-electron chi connectivity index (χ2n) is 5.78. The zero-order valence-corrected chi connectivity index (χ0v) is 13.1. The van der Waals surface area contributed by atoms with Crippen LogP contribution < -0.4 is 5.32 Å². The average molecular weight is 294 g/mol. The Labute approximate surface area is 126 Å². The van der Waals surface area contributed by atoms with E-state index in [1.807, 2.05) is 19.9 Å². The normalized spacial score (nSPS) is 15.8. The second kappa shape index (κ2) is 8.20. The Hall–Kier alpha value is -1.33. The van der Waals surface area contributed by atoms with E-state index in [0.29, 0.717) is 18.9 Å². The predicted molar refractivity (Wildman–Crippen MR) is 81.3 cm³/mol. The number of nitrogens with one attached hydrogen (secondary N) is 1. The number of likely N-dealkylation sites (tertiary alicyclic amines) is 1. The second-order valence-corrected chi connectivity index (χ2v) is 5.78. The minimum Gasteiger partial charge on any atom is -0.455 e. The first-order valence-electron chi connectivity index (χ1n) is 7.86. The van der Waals surface area contributed by atoms with Crippen molar-refractivity contribution in [2.75, 3.05) is 26.2 Å². The van der Waals surface area contributed by atoms with E-state index in [-0.39, 0.29) is 12.0 Å². The highest BCUT2D eigenvalue weighted by Gasteiger charge is 2.15. The fraction of sp³-hybridized carbons (Fsp3) is 0.688. The molecule has 0 radical (unpaired) electrons. The maximum absolute atomic E-state index is 11.9. The third-order valence-corrected chi connectivity index (χ3v) is 3.52. The van der Waals surface area contributed by atoms with Gasteiger partial charge in [-0.3, -0.25) is 9.69 Å². The summed E-state index contributed by atoms with van der Waals surface area (Å²) in [4.78, 5) is 14.3. The molecule has 0 atom stereocenters. The number of amides is 1. The summed E-state index contributed by atoms with van der Waals surface area (Å²) in [5.74, 6) is 1.12. The molecule has 0 spiro atoms. The summed E-state index contributed by atoms with van der Waals surface area (Å²) < 4.78 is 11.0. The smallest absolute Gasteiger partial charge is 0.286 e. The van der Waals surface area contributed by atoms with Gasteiger partial charge in [0.05, 0.1) is 12.6 Å². The highest BCUT2D eigenvalue weighted by Crippen LogP contribution is 2.15. The van der Waals surface area contributed by atoms with Gasteiger partial charge in [-0.2, -0.15) is 0 Å². The lowest BCUT2D eigenvalue weighted by molar-refractivity contribution is 0.0753. The molecule has 1 aromatic rings.